The molecule has 1 N–H and O–H groups in total. The second-order valence-corrected chi connectivity index (χ2v) is 6.14. The van der Waals surface area contributed by atoms with Crippen LogP contribution in [-0.4, -0.2) is 26.8 Å². The number of rotatable bonds is 3. The highest BCUT2D eigenvalue weighted by molar-refractivity contribution is 6.51. The van der Waals surface area contributed by atoms with Crippen molar-refractivity contribution in [3.63, 3.8) is 0 Å². The van der Waals surface area contributed by atoms with Gasteiger partial charge in [0.1, 0.15) is 11.6 Å². The van der Waals surface area contributed by atoms with Crippen molar-refractivity contribution < 1.29 is 19.1 Å². The van der Waals surface area contributed by atoms with E-state index < -0.39 is 23.5 Å². The van der Waals surface area contributed by atoms with Crippen LogP contribution < -0.4 is 4.90 Å². The quantitative estimate of drug-likeness (QED) is 0.432. The number of aromatic nitrogens is 2. The second kappa shape index (κ2) is 7.03. The van der Waals surface area contributed by atoms with Gasteiger partial charge in [-0.05, 0) is 35.9 Å². The fraction of sp³-hybridized carbons (Fsp3) is 0.0476. The molecule has 2 aromatic carbocycles. The second-order valence-electron chi connectivity index (χ2n) is 6.14. The van der Waals surface area contributed by atoms with E-state index in [4.69, 9.17) is 0 Å². The van der Waals surface area contributed by atoms with E-state index in [0.29, 0.717) is 5.56 Å². The summed E-state index contributed by atoms with van der Waals surface area (Å²) in [6.45, 7) is 0. The number of hydrogen-bond acceptors (Lipinski definition) is 5. The van der Waals surface area contributed by atoms with Gasteiger partial charge in [-0.2, -0.15) is 0 Å². The van der Waals surface area contributed by atoms with Crippen LogP contribution in [0.3, 0.4) is 0 Å². The molecule has 1 saturated heterocycles. The molecule has 3 aromatic rings. The lowest BCUT2D eigenvalue weighted by Crippen LogP contribution is -2.31. The Kier molecular flexibility index (Phi) is 4.41. The lowest BCUT2D eigenvalue weighted by Gasteiger charge is -2.23. The molecule has 0 unspecified atom stereocenters. The SMILES string of the molecule is O=C1C(=O)N(c2ncccn2)[C@@H](c2ccccc2)/C1=C(\O)c1ccc(F)cc1. The van der Waals surface area contributed by atoms with Gasteiger partial charge in [-0.25, -0.2) is 14.4 Å². The zero-order valence-corrected chi connectivity index (χ0v) is 14.5. The first-order valence-corrected chi connectivity index (χ1v) is 8.47. The molecule has 1 aliphatic rings. The maximum atomic E-state index is 13.2. The highest BCUT2D eigenvalue weighted by Gasteiger charge is 2.48. The summed E-state index contributed by atoms with van der Waals surface area (Å²) in [5.41, 5.74) is 0.738. The average molecular weight is 375 g/mol. The first-order valence-electron chi connectivity index (χ1n) is 8.47. The molecule has 0 bridgehead atoms. The summed E-state index contributed by atoms with van der Waals surface area (Å²) in [5, 5.41) is 10.8. The van der Waals surface area contributed by atoms with Crippen LogP contribution in [-0.2, 0) is 9.59 Å². The van der Waals surface area contributed by atoms with E-state index in [1.54, 1.807) is 36.4 Å². The van der Waals surface area contributed by atoms with Crippen molar-refractivity contribution >= 4 is 23.4 Å². The van der Waals surface area contributed by atoms with Crippen LogP contribution in [0.1, 0.15) is 17.2 Å². The van der Waals surface area contributed by atoms with E-state index in [0.717, 1.165) is 4.90 Å². The van der Waals surface area contributed by atoms with Crippen LogP contribution in [0.15, 0.2) is 78.6 Å². The number of aliphatic hydroxyl groups excluding tert-OH is 1. The highest BCUT2D eigenvalue weighted by atomic mass is 19.1. The zero-order chi connectivity index (χ0) is 19.7. The molecular formula is C21H14FN3O3. The summed E-state index contributed by atoms with van der Waals surface area (Å²) >= 11 is 0. The normalized spacial score (nSPS) is 18.5. The van der Waals surface area contributed by atoms with Crippen molar-refractivity contribution in [3.8, 4) is 0 Å². The smallest absolute Gasteiger partial charge is 0.302 e. The Hall–Kier alpha value is -3.87. The molecule has 0 saturated carbocycles. The van der Waals surface area contributed by atoms with E-state index in [-0.39, 0.29) is 22.8 Å². The fourth-order valence-electron chi connectivity index (χ4n) is 3.17. The molecule has 4 rings (SSSR count). The van der Waals surface area contributed by atoms with Gasteiger partial charge in [0.05, 0.1) is 11.6 Å². The molecule has 7 heteroatoms. The van der Waals surface area contributed by atoms with Crippen LogP contribution in [0.4, 0.5) is 10.3 Å². The van der Waals surface area contributed by atoms with Crippen LogP contribution in [0.25, 0.3) is 5.76 Å². The minimum absolute atomic E-state index is 0.0524. The maximum absolute atomic E-state index is 13.2. The minimum Gasteiger partial charge on any atom is -0.507 e. The molecule has 2 heterocycles. The predicted molar refractivity (Wildman–Crippen MR) is 99.7 cm³/mol. The number of anilines is 1. The summed E-state index contributed by atoms with van der Waals surface area (Å²) in [6, 6.07) is 14.5. The molecule has 1 atom stereocenters. The number of nitrogens with zero attached hydrogens (tertiary/aromatic N) is 3. The van der Waals surface area contributed by atoms with E-state index in [9.17, 15) is 19.1 Å². The summed E-state index contributed by atoms with van der Waals surface area (Å²) in [5.74, 6) is -2.51. The Bertz CT molecular complexity index is 1070. The summed E-state index contributed by atoms with van der Waals surface area (Å²) in [4.78, 5) is 34.9. The molecule has 1 aliphatic heterocycles. The fourth-order valence-corrected chi connectivity index (χ4v) is 3.17. The van der Waals surface area contributed by atoms with E-state index >= 15 is 0 Å². The van der Waals surface area contributed by atoms with Crippen molar-refractivity contribution in [1.82, 2.24) is 9.97 Å². The van der Waals surface area contributed by atoms with Gasteiger partial charge >= 0.3 is 5.91 Å². The van der Waals surface area contributed by atoms with Gasteiger partial charge < -0.3 is 5.11 Å². The van der Waals surface area contributed by atoms with Crippen LogP contribution in [0.5, 0.6) is 0 Å². The van der Waals surface area contributed by atoms with Crippen molar-refractivity contribution in [2.75, 3.05) is 4.90 Å². The van der Waals surface area contributed by atoms with Crippen molar-refractivity contribution in [3.05, 3.63) is 95.6 Å². The topological polar surface area (TPSA) is 83.4 Å². The van der Waals surface area contributed by atoms with Crippen molar-refractivity contribution in [2.24, 2.45) is 0 Å². The number of aliphatic hydroxyl groups is 1. The summed E-state index contributed by atoms with van der Waals surface area (Å²) in [7, 11) is 0. The van der Waals surface area contributed by atoms with Gasteiger partial charge in [0.25, 0.3) is 5.78 Å². The number of ketones is 1. The number of benzene rings is 2. The summed E-state index contributed by atoms with van der Waals surface area (Å²) < 4.78 is 13.2. The van der Waals surface area contributed by atoms with Crippen LogP contribution >= 0.6 is 0 Å². The zero-order valence-electron chi connectivity index (χ0n) is 14.5. The molecule has 1 amide bonds. The average Bonchev–Trinajstić information content (AvgIpc) is 3.00. The van der Waals surface area contributed by atoms with Gasteiger partial charge in [0, 0.05) is 18.0 Å². The van der Waals surface area contributed by atoms with E-state index in [1.807, 2.05) is 0 Å². The third kappa shape index (κ3) is 2.92. The Morgan fingerprint density at radius 1 is 0.929 bits per heavy atom. The van der Waals surface area contributed by atoms with Gasteiger partial charge in [-0.3, -0.25) is 14.5 Å². The Balaban J connectivity index is 1.94. The monoisotopic (exact) mass is 375 g/mol. The van der Waals surface area contributed by atoms with Gasteiger partial charge in [0.15, 0.2) is 0 Å². The molecule has 0 aliphatic carbocycles. The number of carbonyl (C=O) groups excluding carboxylic acids is 2. The Morgan fingerprint density at radius 3 is 2.21 bits per heavy atom. The Morgan fingerprint density at radius 2 is 1.57 bits per heavy atom. The molecule has 0 spiro atoms. The first kappa shape index (κ1) is 17.5. The van der Waals surface area contributed by atoms with Crippen molar-refractivity contribution in [1.29, 1.82) is 0 Å². The first-order chi connectivity index (χ1) is 13.6. The third-order valence-corrected chi connectivity index (χ3v) is 4.45. The minimum atomic E-state index is -0.909. The molecular weight excluding hydrogens is 361 g/mol. The number of halogens is 1. The molecule has 0 radical (unpaired) electrons. The number of amides is 1. The van der Waals surface area contributed by atoms with Crippen molar-refractivity contribution in [2.45, 2.75) is 6.04 Å². The van der Waals surface area contributed by atoms with Gasteiger partial charge in [0.2, 0.25) is 5.95 Å². The largest absolute Gasteiger partial charge is 0.507 e. The molecule has 6 nitrogen and oxygen atoms in total. The number of hydrogen-bond donors (Lipinski definition) is 1. The van der Waals surface area contributed by atoms with Gasteiger partial charge in [-0.1, -0.05) is 30.3 Å². The molecule has 1 aromatic heterocycles. The summed E-state index contributed by atoms with van der Waals surface area (Å²) in [6.07, 6.45) is 2.92. The highest BCUT2D eigenvalue weighted by Crippen LogP contribution is 2.40. The molecule has 138 valence electrons. The molecule has 28 heavy (non-hydrogen) atoms. The lowest BCUT2D eigenvalue weighted by atomic mass is 9.95. The standard InChI is InChI=1S/C21H14FN3O3/c22-15-9-7-14(8-10-15)18(26)16-17(13-5-2-1-3-6-13)25(20(28)19(16)27)21-23-11-4-12-24-21/h1-12,17,26H/b18-16+/t17-/m0/s1. The Labute approximate surface area is 159 Å². The third-order valence-electron chi connectivity index (χ3n) is 4.45. The maximum Gasteiger partial charge on any atom is 0.302 e. The lowest BCUT2D eigenvalue weighted by molar-refractivity contribution is -0.132. The predicted octanol–water partition coefficient (Wildman–Crippen LogP) is 3.24. The van der Waals surface area contributed by atoms with E-state index in [1.165, 1.54) is 36.7 Å². The van der Waals surface area contributed by atoms with Crippen LogP contribution in [0.2, 0.25) is 0 Å². The van der Waals surface area contributed by atoms with Gasteiger partial charge in [-0.15, -0.1) is 0 Å². The molecule has 1 fully saturated rings. The van der Waals surface area contributed by atoms with E-state index in [2.05, 4.69) is 9.97 Å². The number of carbonyl (C=O) groups is 2. The number of Topliss-reactive ketones (excluding diaryl/α,β-unsaturated/α-hetero) is 1. The van der Waals surface area contributed by atoms with Crippen LogP contribution in [0, 0.1) is 5.82 Å².